The van der Waals surface area contributed by atoms with Crippen LogP contribution in [0.1, 0.15) is 16.7 Å². The molecule has 2 rings (SSSR count). The van der Waals surface area contributed by atoms with Crippen LogP contribution in [0.4, 0.5) is 4.39 Å². The highest BCUT2D eigenvalue weighted by molar-refractivity contribution is 6.31. The van der Waals surface area contributed by atoms with Crippen molar-refractivity contribution >= 4 is 17.6 Å². The van der Waals surface area contributed by atoms with Crippen molar-refractivity contribution < 1.29 is 14.3 Å². The predicted octanol–water partition coefficient (Wildman–Crippen LogP) is 4.27. The van der Waals surface area contributed by atoms with Crippen molar-refractivity contribution in [3.63, 3.8) is 0 Å². The number of aliphatic carboxylic acids is 1. The van der Waals surface area contributed by atoms with Gasteiger partial charge in [-0.15, -0.1) is 0 Å². The Hall–Kier alpha value is -1.87. The lowest BCUT2D eigenvalue weighted by Gasteiger charge is -2.15. The molecule has 0 amide bonds. The summed E-state index contributed by atoms with van der Waals surface area (Å²) >= 11 is 6.02. The summed E-state index contributed by atoms with van der Waals surface area (Å²) < 4.78 is 13.3. The van der Waals surface area contributed by atoms with Gasteiger partial charge in [0.15, 0.2) is 0 Å². The molecule has 0 aliphatic rings. The SMILES string of the molecule is Cc1ccccc1CC(Cc1cc(F)ccc1Cl)C(=O)O. The number of benzene rings is 2. The topological polar surface area (TPSA) is 37.3 Å². The maximum absolute atomic E-state index is 13.3. The molecular formula is C17H16ClFO2. The van der Waals surface area contributed by atoms with Gasteiger partial charge >= 0.3 is 5.97 Å². The van der Waals surface area contributed by atoms with E-state index >= 15 is 0 Å². The Morgan fingerprint density at radius 3 is 2.52 bits per heavy atom. The molecule has 2 nitrogen and oxygen atoms in total. The molecule has 0 aliphatic carbocycles. The minimum atomic E-state index is -0.904. The monoisotopic (exact) mass is 306 g/mol. The Balaban J connectivity index is 2.22. The zero-order chi connectivity index (χ0) is 15.4. The van der Waals surface area contributed by atoms with E-state index in [0.29, 0.717) is 17.0 Å². The summed E-state index contributed by atoms with van der Waals surface area (Å²) in [5, 5.41) is 9.81. The molecule has 2 aromatic rings. The maximum atomic E-state index is 13.3. The molecule has 21 heavy (non-hydrogen) atoms. The molecule has 110 valence electrons. The normalized spacial score (nSPS) is 12.1. The van der Waals surface area contributed by atoms with Crippen LogP contribution in [0.5, 0.6) is 0 Å². The van der Waals surface area contributed by atoms with E-state index < -0.39 is 17.7 Å². The van der Waals surface area contributed by atoms with Gasteiger partial charge in [-0.2, -0.15) is 0 Å². The van der Waals surface area contributed by atoms with E-state index in [1.54, 1.807) is 0 Å². The van der Waals surface area contributed by atoms with Crippen molar-refractivity contribution in [2.45, 2.75) is 19.8 Å². The number of carboxylic acid groups (broad SMARTS) is 1. The second kappa shape index (κ2) is 6.72. The summed E-state index contributed by atoms with van der Waals surface area (Å²) in [5.74, 6) is -1.95. The highest BCUT2D eigenvalue weighted by Gasteiger charge is 2.21. The van der Waals surface area contributed by atoms with Crippen LogP contribution in [0.15, 0.2) is 42.5 Å². The van der Waals surface area contributed by atoms with Gasteiger partial charge in [0.05, 0.1) is 5.92 Å². The predicted molar refractivity (Wildman–Crippen MR) is 81.1 cm³/mol. The van der Waals surface area contributed by atoms with E-state index in [4.69, 9.17) is 11.6 Å². The number of carboxylic acids is 1. The van der Waals surface area contributed by atoms with Crippen molar-refractivity contribution in [1.82, 2.24) is 0 Å². The maximum Gasteiger partial charge on any atom is 0.307 e. The van der Waals surface area contributed by atoms with Crippen LogP contribution in [0, 0.1) is 18.7 Å². The molecule has 0 aliphatic heterocycles. The van der Waals surface area contributed by atoms with E-state index in [-0.39, 0.29) is 6.42 Å². The zero-order valence-corrected chi connectivity index (χ0v) is 12.4. The Labute approximate surface area is 128 Å². The minimum absolute atomic E-state index is 0.209. The Kier molecular flexibility index (Phi) is 4.97. The lowest BCUT2D eigenvalue weighted by molar-refractivity contribution is -0.141. The van der Waals surface area contributed by atoms with Crippen LogP contribution in [0.2, 0.25) is 5.02 Å². The van der Waals surface area contributed by atoms with Gasteiger partial charge in [-0.1, -0.05) is 35.9 Å². The van der Waals surface area contributed by atoms with Gasteiger partial charge in [0, 0.05) is 5.02 Å². The van der Waals surface area contributed by atoms with E-state index in [2.05, 4.69) is 0 Å². The number of halogens is 2. The molecule has 0 heterocycles. The van der Waals surface area contributed by atoms with Gasteiger partial charge in [-0.05, 0) is 54.7 Å². The fourth-order valence-corrected chi connectivity index (χ4v) is 2.51. The summed E-state index contributed by atoms with van der Waals surface area (Å²) in [7, 11) is 0. The third-order valence-electron chi connectivity index (χ3n) is 3.55. The molecule has 1 N–H and O–H groups in total. The second-order valence-electron chi connectivity index (χ2n) is 5.11. The minimum Gasteiger partial charge on any atom is -0.481 e. The van der Waals surface area contributed by atoms with E-state index in [9.17, 15) is 14.3 Å². The van der Waals surface area contributed by atoms with Gasteiger partial charge in [0.25, 0.3) is 0 Å². The zero-order valence-electron chi connectivity index (χ0n) is 11.6. The molecule has 0 spiro atoms. The summed E-state index contributed by atoms with van der Waals surface area (Å²) in [5.41, 5.74) is 2.56. The molecule has 0 aromatic heterocycles. The summed E-state index contributed by atoms with van der Waals surface area (Å²) in [4.78, 5) is 11.5. The van der Waals surface area contributed by atoms with Gasteiger partial charge in [-0.3, -0.25) is 4.79 Å². The lowest BCUT2D eigenvalue weighted by Crippen LogP contribution is -2.20. The van der Waals surface area contributed by atoms with E-state index in [1.165, 1.54) is 18.2 Å². The fraction of sp³-hybridized carbons (Fsp3) is 0.235. The van der Waals surface area contributed by atoms with Crippen molar-refractivity contribution in [3.05, 3.63) is 70.0 Å². The smallest absolute Gasteiger partial charge is 0.307 e. The van der Waals surface area contributed by atoms with Crippen LogP contribution in [-0.2, 0) is 17.6 Å². The van der Waals surface area contributed by atoms with Crippen molar-refractivity contribution in [1.29, 1.82) is 0 Å². The van der Waals surface area contributed by atoms with Crippen LogP contribution in [0.3, 0.4) is 0 Å². The van der Waals surface area contributed by atoms with E-state index in [0.717, 1.165) is 11.1 Å². The first kappa shape index (κ1) is 15.5. The quantitative estimate of drug-likeness (QED) is 0.895. The first-order valence-corrected chi connectivity index (χ1v) is 7.06. The number of hydrogen-bond donors (Lipinski definition) is 1. The van der Waals surface area contributed by atoms with Crippen LogP contribution in [-0.4, -0.2) is 11.1 Å². The van der Waals surface area contributed by atoms with Gasteiger partial charge in [0.2, 0.25) is 0 Å². The molecule has 0 saturated carbocycles. The standard InChI is InChI=1S/C17H16ClFO2/c1-11-4-2-3-5-12(11)8-14(17(20)21)9-13-10-15(19)6-7-16(13)18/h2-7,10,14H,8-9H2,1H3,(H,20,21). The number of carbonyl (C=O) groups is 1. The highest BCUT2D eigenvalue weighted by atomic mass is 35.5. The Bertz CT molecular complexity index is 655. The van der Waals surface area contributed by atoms with Crippen LogP contribution in [0.25, 0.3) is 0 Å². The largest absolute Gasteiger partial charge is 0.481 e. The Morgan fingerprint density at radius 1 is 1.19 bits per heavy atom. The average molecular weight is 307 g/mol. The number of aryl methyl sites for hydroxylation is 1. The summed E-state index contributed by atoms with van der Waals surface area (Å²) in [6.07, 6.45) is 0.606. The van der Waals surface area contributed by atoms with Gasteiger partial charge < -0.3 is 5.11 Å². The first-order valence-electron chi connectivity index (χ1n) is 6.68. The molecular weight excluding hydrogens is 291 g/mol. The molecule has 4 heteroatoms. The second-order valence-corrected chi connectivity index (χ2v) is 5.51. The van der Waals surface area contributed by atoms with Crippen LogP contribution < -0.4 is 0 Å². The highest BCUT2D eigenvalue weighted by Crippen LogP contribution is 2.23. The van der Waals surface area contributed by atoms with Crippen molar-refractivity contribution in [2.24, 2.45) is 5.92 Å². The molecule has 0 fully saturated rings. The average Bonchev–Trinajstić information content (AvgIpc) is 2.44. The third kappa shape index (κ3) is 4.05. The molecule has 0 saturated heterocycles. The molecule has 2 aromatic carbocycles. The molecule has 1 atom stereocenters. The number of hydrogen-bond acceptors (Lipinski definition) is 1. The summed E-state index contributed by atoms with van der Waals surface area (Å²) in [6, 6.07) is 11.7. The fourth-order valence-electron chi connectivity index (χ4n) is 2.32. The third-order valence-corrected chi connectivity index (χ3v) is 3.92. The molecule has 1 unspecified atom stereocenters. The van der Waals surface area contributed by atoms with E-state index in [1.807, 2.05) is 31.2 Å². The Morgan fingerprint density at radius 2 is 1.86 bits per heavy atom. The first-order chi connectivity index (χ1) is 9.97. The molecule has 0 bridgehead atoms. The summed E-state index contributed by atoms with van der Waals surface area (Å²) in [6.45, 7) is 1.95. The lowest BCUT2D eigenvalue weighted by atomic mass is 9.91. The van der Waals surface area contributed by atoms with Gasteiger partial charge in [0.1, 0.15) is 5.82 Å². The van der Waals surface area contributed by atoms with Crippen molar-refractivity contribution in [2.75, 3.05) is 0 Å². The van der Waals surface area contributed by atoms with Crippen molar-refractivity contribution in [3.8, 4) is 0 Å². The number of rotatable bonds is 5. The van der Waals surface area contributed by atoms with Crippen LogP contribution >= 0.6 is 11.6 Å². The van der Waals surface area contributed by atoms with Gasteiger partial charge in [-0.25, -0.2) is 4.39 Å². The molecule has 0 radical (unpaired) electrons.